The quantitative estimate of drug-likeness (QED) is 0.727. The molecule has 0 aromatic heterocycles. The van der Waals surface area contributed by atoms with Gasteiger partial charge in [-0.25, -0.2) is 13.1 Å². The first-order valence-electron chi connectivity index (χ1n) is 8.40. The van der Waals surface area contributed by atoms with E-state index in [0.29, 0.717) is 12.4 Å². The zero-order valence-corrected chi connectivity index (χ0v) is 16.4. The highest BCUT2D eigenvalue weighted by Gasteiger charge is 2.20. The topological polar surface area (TPSA) is 67.9 Å². The fraction of sp³-hybridized carbons (Fsp3) is 0.368. The summed E-state index contributed by atoms with van der Waals surface area (Å²) < 4.78 is 38.5. The highest BCUT2D eigenvalue weighted by atomic mass is 32.2. The second-order valence-corrected chi connectivity index (χ2v) is 7.78. The van der Waals surface area contributed by atoms with Crippen LogP contribution in [0.25, 0.3) is 0 Å². The first kappa shape index (κ1) is 20.2. The summed E-state index contributed by atoms with van der Waals surface area (Å²) in [6.07, 6.45) is 0. The molecule has 0 fully saturated rings. The fourth-order valence-corrected chi connectivity index (χ4v) is 3.64. The highest BCUT2D eigenvalue weighted by molar-refractivity contribution is 7.89. The number of nitrogens with zero attached hydrogens (tertiary/aromatic N) is 1. The maximum atomic E-state index is 12.6. The molecule has 0 saturated heterocycles. The number of methoxy groups -OCH3 is 1. The predicted octanol–water partition coefficient (Wildman–Crippen LogP) is 2.68. The third-order valence-corrected chi connectivity index (χ3v) is 5.45. The van der Waals surface area contributed by atoms with Crippen LogP contribution in [0.4, 0.5) is 0 Å². The Morgan fingerprint density at radius 3 is 2.35 bits per heavy atom. The van der Waals surface area contributed by atoms with Crippen LogP contribution in [0.2, 0.25) is 0 Å². The number of hydrogen-bond donors (Lipinski definition) is 1. The van der Waals surface area contributed by atoms with E-state index in [9.17, 15) is 8.42 Å². The lowest BCUT2D eigenvalue weighted by Crippen LogP contribution is -2.34. The van der Waals surface area contributed by atoms with Crippen LogP contribution in [0, 0.1) is 0 Å². The van der Waals surface area contributed by atoms with Crippen LogP contribution < -0.4 is 14.2 Å². The first-order chi connectivity index (χ1) is 12.4. The lowest BCUT2D eigenvalue weighted by atomic mass is 10.1. The summed E-state index contributed by atoms with van der Waals surface area (Å²) in [5.41, 5.74) is 0.976. The fourth-order valence-electron chi connectivity index (χ4n) is 2.60. The van der Waals surface area contributed by atoms with Gasteiger partial charge in [0.05, 0.1) is 18.6 Å². The Labute approximate surface area is 155 Å². The van der Waals surface area contributed by atoms with E-state index in [2.05, 4.69) is 4.72 Å². The van der Waals surface area contributed by atoms with Crippen molar-refractivity contribution >= 4 is 10.0 Å². The Morgan fingerprint density at radius 1 is 1.08 bits per heavy atom. The number of sulfonamides is 1. The van der Waals surface area contributed by atoms with Crippen LogP contribution in [0.1, 0.15) is 18.5 Å². The number of rotatable bonds is 9. The second-order valence-electron chi connectivity index (χ2n) is 6.01. The van der Waals surface area contributed by atoms with Gasteiger partial charge >= 0.3 is 0 Å². The van der Waals surface area contributed by atoms with Gasteiger partial charge in [-0.15, -0.1) is 0 Å². The Bertz CT molecular complexity index is 805. The average molecular weight is 378 g/mol. The third-order valence-electron chi connectivity index (χ3n) is 4.01. The van der Waals surface area contributed by atoms with Crippen LogP contribution in [0.5, 0.6) is 11.5 Å². The number of likely N-dealkylation sites (N-methyl/N-ethyl adjacent to an activating group) is 1. The van der Waals surface area contributed by atoms with Crippen molar-refractivity contribution in [1.82, 2.24) is 9.62 Å². The molecular formula is C19H26N2O4S. The average Bonchev–Trinajstić information content (AvgIpc) is 2.62. The van der Waals surface area contributed by atoms with Crippen molar-refractivity contribution in [1.29, 1.82) is 0 Å². The zero-order valence-electron chi connectivity index (χ0n) is 15.6. The molecule has 0 aliphatic carbocycles. The van der Waals surface area contributed by atoms with Crippen molar-refractivity contribution in [2.45, 2.75) is 17.9 Å². The van der Waals surface area contributed by atoms with E-state index >= 15 is 0 Å². The molecule has 0 aliphatic rings. The third kappa shape index (κ3) is 5.20. The summed E-state index contributed by atoms with van der Waals surface area (Å²) in [6, 6.07) is 13.9. The molecule has 1 atom stereocenters. The molecule has 0 amide bonds. The Hall–Kier alpha value is -2.09. The lowest BCUT2D eigenvalue weighted by Gasteiger charge is -2.25. The first-order valence-corrected chi connectivity index (χ1v) is 9.88. The standard InChI is InChI=1S/C19H26N2O4S/c1-5-25-16-9-11-18(12-10-16)26(22,23)20-14-19(21(2)3)15-7-6-8-17(13-15)24-4/h6-13,19-20H,5,14H2,1-4H3. The second kappa shape index (κ2) is 9.02. The monoisotopic (exact) mass is 378 g/mol. The summed E-state index contributed by atoms with van der Waals surface area (Å²) in [6.45, 7) is 2.66. The zero-order chi connectivity index (χ0) is 19.2. The molecule has 1 unspecified atom stereocenters. The van der Waals surface area contributed by atoms with Gasteiger partial charge in [-0.1, -0.05) is 12.1 Å². The molecule has 0 spiro atoms. The molecular weight excluding hydrogens is 352 g/mol. The van der Waals surface area contributed by atoms with Crippen molar-refractivity contribution in [2.24, 2.45) is 0 Å². The smallest absolute Gasteiger partial charge is 0.240 e. The number of ether oxygens (including phenoxy) is 2. The van der Waals surface area contributed by atoms with Crippen molar-refractivity contribution < 1.29 is 17.9 Å². The van der Waals surface area contributed by atoms with Crippen molar-refractivity contribution in [3.8, 4) is 11.5 Å². The van der Waals surface area contributed by atoms with E-state index < -0.39 is 10.0 Å². The normalized spacial score (nSPS) is 12.8. The van der Waals surface area contributed by atoms with Gasteiger partial charge in [0.2, 0.25) is 10.0 Å². The molecule has 26 heavy (non-hydrogen) atoms. The van der Waals surface area contributed by atoms with Gasteiger partial charge in [0.1, 0.15) is 11.5 Å². The minimum atomic E-state index is -3.61. The molecule has 142 valence electrons. The molecule has 1 N–H and O–H groups in total. The molecule has 2 aromatic rings. The molecule has 2 rings (SSSR count). The largest absolute Gasteiger partial charge is 0.497 e. The summed E-state index contributed by atoms with van der Waals surface area (Å²) >= 11 is 0. The minimum absolute atomic E-state index is 0.123. The van der Waals surface area contributed by atoms with Gasteiger partial charge in [-0.3, -0.25) is 0 Å². The van der Waals surface area contributed by atoms with Crippen molar-refractivity contribution in [3.63, 3.8) is 0 Å². The summed E-state index contributed by atoms with van der Waals surface area (Å²) in [7, 11) is 1.83. The van der Waals surface area contributed by atoms with Crippen molar-refractivity contribution in [3.05, 3.63) is 54.1 Å². The molecule has 2 aromatic carbocycles. The van der Waals surface area contributed by atoms with Crippen LogP contribution in [-0.4, -0.2) is 47.7 Å². The van der Waals surface area contributed by atoms with Gasteiger partial charge in [0, 0.05) is 12.6 Å². The van der Waals surface area contributed by atoms with Crippen molar-refractivity contribution in [2.75, 3.05) is 34.4 Å². The van der Waals surface area contributed by atoms with E-state index in [-0.39, 0.29) is 17.5 Å². The van der Waals surface area contributed by atoms with Crippen LogP contribution >= 0.6 is 0 Å². The Morgan fingerprint density at radius 2 is 1.77 bits per heavy atom. The number of hydrogen-bond acceptors (Lipinski definition) is 5. The summed E-state index contributed by atoms with van der Waals surface area (Å²) in [5, 5.41) is 0. The van der Waals surface area contributed by atoms with Gasteiger partial charge in [-0.2, -0.15) is 0 Å². The number of nitrogens with one attached hydrogen (secondary N) is 1. The van der Waals surface area contributed by atoms with E-state index in [1.165, 1.54) is 0 Å². The van der Waals surface area contributed by atoms with E-state index in [4.69, 9.17) is 9.47 Å². The Balaban J connectivity index is 2.14. The molecule has 0 heterocycles. The molecule has 0 radical (unpaired) electrons. The lowest BCUT2D eigenvalue weighted by molar-refractivity contribution is 0.298. The van der Waals surface area contributed by atoms with Gasteiger partial charge in [-0.05, 0) is 63.0 Å². The van der Waals surface area contributed by atoms with Crippen LogP contribution in [0.3, 0.4) is 0 Å². The Kier molecular flexibility index (Phi) is 7.02. The molecule has 0 saturated carbocycles. The summed E-state index contributed by atoms with van der Waals surface area (Å²) in [4.78, 5) is 2.18. The SMILES string of the molecule is CCOc1ccc(S(=O)(=O)NCC(c2cccc(OC)c2)N(C)C)cc1. The van der Waals surface area contributed by atoms with Gasteiger partial charge in [0.15, 0.2) is 0 Å². The predicted molar refractivity (Wildman–Crippen MR) is 102 cm³/mol. The molecule has 0 bridgehead atoms. The van der Waals surface area contributed by atoms with Crippen LogP contribution in [-0.2, 0) is 10.0 Å². The minimum Gasteiger partial charge on any atom is -0.497 e. The maximum absolute atomic E-state index is 12.6. The van der Waals surface area contributed by atoms with Crippen LogP contribution in [0.15, 0.2) is 53.4 Å². The van der Waals surface area contributed by atoms with E-state index in [0.717, 1.165) is 11.3 Å². The van der Waals surface area contributed by atoms with Gasteiger partial charge < -0.3 is 14.4 Å². The highest BCUT2D eigenvalue weighted by Crippen LogP contribution is 2.23. The maximum Gasteiger partial charge on any atom is 0.240 e. The van der Waals surface area contributed by atoms with E-state index in [1.54, 1.807) is 31.4 Å². The van der Waals surface area contributed by atoms with E-state index in [1.807, 2.05) is 50.2 Å². The molecule has 0 aliphatic heterocycles. The van der Waals surface area contributed by atoms with Gasteiger partial charge in [0.25, 0.3) is 0 Å². The summed E-state index contributed by atoms with van der Waals surface area (Å²) in [5.74, 6) is 1.39. The molecule has 6 nitrogen and oxygen atoms in total. The number of benzene rings is 2. The molecule has 7 heteroatoms.